The van der Waals surface area contributed by atoms with Crippen LogP contribution in [-0.2, 0) is 0 Å². The van der Waals surface area contributed by atoms with Gasteiger partial charge in [0, 0.05) is 24.7 Å². The highest BCUT2D eigenvalue weighted by Crippen LogP contribution is 2.23. The molecule has 1 aliphatic rings. The minimum absolute atomic E-state index is 0.669. The van der Waals surface area contributed by atoms with Crippen LogP contribution in [0, 0.1) is 0 Å². The Kier molecular flexibility index (Phi) is 7.92. The summed E-state index contributed by atoms with van der Waals surface area (Å²) in [7, 11) is 0. The lowest BCUT2D eigenvalue weighted by Crippen LogP contribution is -2.48. The normalized spacial score (nSPS) is 21.2. The second-order valence-electron chi connectivity index (χ2n) is 6.07. The van der Waals surface area contributed by atoms with Crippen molar-refractivity contribution in [3.05, 3.63) is 0 Å². The molecule has 0 bridgehead atoms. The molecule has 2 atom stereocenters. The molecule has 1 rings (SSSR count). The molecule has 1 aliphatic carbocycles. The zero-order chi connectivity index (χ0) is 13.4. The van der Waals surface area contributed by atoms with Crippen LogP contribution in [0.25, 0.3) is 0 Å². The molecule has 0 radical (unpaired) electrons. The maximum atomic E-state index is 3.70. The summed E-state index contributed by atoms with van der Waals surface area (Å²) in [6, 6.07) is 2.20. The molecule has 18 heavy (non-hydrogen) atoms. The summed E-state index contributed by atoms with van der Waals surface area (Å²) < 4.78 is 0. The molecule has 108 valence electrons. The summed E-state index contributed by atoms with van der Waals surface area (Å²) in [6.45, 7) is 11.6. The number of likely N-dealkylation sites (N-methyl/N-ethyl adjacent to an activating group) is 1. The fraction of sp³-hybridized carbons (Fsp3) is 1.00. The third kappa shape index (κ3) is 5.27. The zero-order valence-corrected chi connectivity index (χ0v) is 13.0. The van der Waals surface area contributed by atoms with Crippen LogP contribution in [0.2, 0.25) is 0 Å². The van der Waals surface area contributed by atoms with Gasteiger partial charge in [0.05, 0.1) is 0 Å². The SMILES string of the molecule is CCCC(C)NCC(C)N(CC)C1CCCCC1. The molecule has 0 saturated heterocycles. The van der Waals surface area contributed by atoms with Gasteiger partial charge in [0.2, 0.25) is 0 Å². The lowest BCUT2D eigenvalue weighted by Gasteiger charge is -2.38. The fourth-order valence-electron chi connectivity index (χ4n) is 3.37. The van der Waals surface area contributed by atoms with Gasteiger partial charge in [0.25, 0.3) is 0 Å². The Bertz CT molecular complexity index is 199. The summed E-state index contributed by atoms with van der Waals surface area (Å²) in [4.78, 5) is 2.73. The maximum Gasteiger partial charge on any atom is 0.0195 e. The van der Waals surface area contributed by atoms with Crippen molar-refractivity contribution in [3.63, 3.8) is 0 Å². The van der Waals surface area contributed by atoms with E-state index in [1.54, 1.807) is 0 Å². The van der Waals surface area contributed by atoms with Gasteiger partial charge in [-0.3, -0.25) is 4.90 Å². The van der Waals surface area contributed by atoms with E-state index >= 15 is 0 Å². The monoisotopic (exact) mass is 254 g/mol. The molecule has 0 aromatic heterocycles. The predicted molar refractivity (Wildman–Crippen MR) is 81.1 cm³/mol. The fourth-order valence-corrected chi connectivity index (χ4v) is 3.37. The average Bonchev–Trinajstić information content (AvgIpc) is 2.39. The highest BCUT2D eigenvalue weighted by molar-refractivity contribution is 4.80. The molecular formula is C16H34N2. The van der Waals surface area contributed by atoms with Crippen molar-refractivity contribution in [2.24, 2.45) is 0 Å². The largest absolute Gasteiger partial charge is 0.313 e. The van der Waals surface area contributed by atoms with E-state index in [1.807, 2.05) is 0 Å². The quantitative estimate of drug-likeness (QED) is 0.708. The molecule has 0 aliphatic heterocycles. The number of hydrogen-bond donors (Lipinski definition) is 1. The summed E-state index contributed by atoms with van der Waals surface area (Å²) in [5.74, 6) is 0. The first-order valence-electron chi connectivity index (χ1n) is 8.18. The van der Waals surface area contributed by atoms with Gasteiger partial charge in [-0.25, -0.2) is 0 Å². The standard InChI is InChI=1S/C16H34N2/c1-5-10-14(3)17-13-15(4)18(6-2)16-11-8-7-9-12-16/h14-17H,5-13H2,1-4H3. The third-order valence-corrected chi connectivity index (χ3v) is 4.46. The topological polar surface area (TPSA) is 15.3 Å². The van der Waals surface area contributed by atoms with Gasteiger partial charge >= 0.3 is 0 Å². The highest BCUT2D eigenvalue weighted by Gasteiger charge is 2.23. The van der Waals surface area contributed by atoms with Crippen molar-refractivity contribution in [1.29, 1.82) is 0 Å². The Hall–Kier alpha value is -0.0800. The Morgan fingerprint density at radius 3 is 2.33 bits per heavy atom. The van der Waals surface area contributed by atoms with Crippen LogP contribution in [0.4, 0.5) is 0 Å². The van der Waals surface area contributed by atoms with Crippen LogP contribution in [0.15, 0.2) is 0 Å². The molecular weight excluding hydrogens is 220 g/mol. The Morgan fingerprint density at radius 1 is 1.11 bits per heavy atom. The van der Waals surface area contributed by atoms with Crippen molar-refractivity contribution in [3.8, 4) is 0 Å². The van der Waals surface area contributed by atoms with Crippen LogP contribution in [0.1, 0.15) is 72.6 Å². The third-order valence-electron chi connectivity index (χ3n) is 4.46. The van der Waals surface area contributed by atoms with E-state index in [9.17, 15) is 0 Å². The van der Waals surface area contributed by atoms with Gasteiger partial charge in [-0.1, -0.05) is 39.5 Å². The Morgan fingerprint density at radius 2 is 1.78 bits per heavy atom. The molecule has 2 nitrogen and oxygen atoms in total. The number of rotatable bonds is 8. The second-order valence-corrected chi connectivity index (χ2v) is 6.07. The molecule has 0 aromatic rings. The second kappa shape index (κ2) is 8.92. The lowest BCUT2D eigenvalue weighted by atomic mass is 9.93. The van der Waals surface area contributed by atoms with Crippen molar-refractivity contribution in [1.82, 2.24) is 10.2 Å². The van der Waals surface area contributed by atoms with Gasteiger partial charge in [-0.2, -0.15) is 0 Å². The van der Waals surface area contributed by atoms with E-state index < -0.39 is 0 Å². The lowest BCUT2D eigenvalue weighted by molar-refractivity contribution is 0.116. The summed E-state index contributed by atoms with van der Waals surface area (Å²) in [5, 5.41) is 3.70. The highest BCUT2D eigenvalue weighted by atomic mass is 15.2. The zero-order valence-electron chi connectivity index (χ0n) is 13.0. The number of hydrogen-bond acceptors (Lipinski definition) is 2. The van der Waals surface area contributed by atoms with Gasteiger partial charge in [-0.05, 0) is 39.7 Å². The smallest absolute Gasteiger partial charge is 0.0195 e. The molecule has 2 heteroatoms. The molecule has 2 unspecified atom stereocenters. The number of nitrogens with zero attached hydrogens (tertiary/aromatic N) is 1. The van der Waals surface area contributed by atoms with Crippen molar-refractivity contribution < 1.29 is 0 Å². The first-order chi connectivity index (χ1) is 8.69. The molecule has 0 aromatic carbocycles. The average molecular weight is 254 g/mol. The van der Waals surface area contributed by atoms with Crippen molar-refractivity contribution >= 4 is 0 Å². The maximum absolute atomic E-state index is 3.70. The van der Waals surface area contributed by atoms with Crippen LogP contribution in [0.3, 0.4) is 0 Å². The van der Waals surface area contributed by atoms with E-state index in [0.29, 0.717) is 12.1 Å². The van der Waals surface area contributed by atoms with E-state index in [0.717, 1.165) is 12.6 Å². The van der Waals surface area contributed by atoms with Crippen LogP contribution < -0.4 is 5.32 Å². The molecule has 0 amide bonds. The van der Waals surface area contributed by atoms with E-state index in [1.165, 1.54) is 51.5 Å². The van der Waals surface area contributed by atoms with E-state index in [4.69, 9.17) is 0 Å². The van der Waals surface area contributed by atoms with Gasteiger partial charge < -0.3 is 5.32 Å². The minimum atomic E-state index is 0.669. The summed E-state index contributed by atoms with van der Waals surface area (Å²) in [5.41, 5.74) is 0. The van der Waals surface area contributed by atoms with Gasteiger partial charge in [-0.15, -0.1) is 0 Å². The molecule has 1 fully saturated rings. The summed E-state index contributed by atoms with van der Waals surface area (Å²) in [6.07, 6.45) is 9.74. The summed E-state index contributed by atoms with van der Waals surface area (Å²) >= 11 is 0. The molecule has 0 heterocycles. The first kappa shape index (κ1) is 16.0. The van der Waals surface area contributed by atoms with Crippen LogP contribution in [0.5, 0.6) is 0 Å². The molecule has 1 N–H and O–H groups in total. The van der Waals surface area contributed by atoms with Gasteiger partial charge in [0.15, 0.2) is 0 Å². The molecule has 1 saturated carbocycles. The van der Waals surface area contributed by atoms with Gasteiger partial charge in [0.1, 0.15) is 0 Å². The van der Waals surface area contributed by atoms with Crippen LogP contribution in [-0.4, -0.2) is 36.1 Å². The van der Waals surface area contributed by atoms with E-state index in [2.05, 4.69) is 37.9 Å². The van der Waals surface area contributed by atoms with Crippen molar-refractivity contribution in [2.45, 2.75) is 90.8 Å². The predicted octanol–water partition coefficient (Wildman–Crippen LogP) is 3.81. The van der Waals surface area contributed by atoms with Crippen LogP contribution >= 0.6 is 0 Å². The number of nitrogens with one attached hydrogen (secondary N) is 1. The first-order valence-corrected chi connectivity index (χ1v) is 8.18. The molecule has 0 spiro atoms. The van der Waals surface area contributed by atoms with Crippen molar-refractivity contribution in [2.75, 3.05) is 13.1 Å². The Balaban J connectivity index is 2.33. The minimum Gasteiger partial charge on any atom is -0.313 e. The Labute approximate surface area is 115 Å². The van der Waals surface area contributed by atoms with E-state index in [-0.39, 0.29) is 0 Å².